The first-order valence-corrected chi connectivity index (χ1v) is 28.8. The molecular weight excluding hydrogens is 819 g/mol. The van der Waals surface area contributed by atoms with Crippen molar-refractivity contribution in [2.45, 2.75) is 316 Å². The Bertz CT molecular complexity index is 1120. The number of carbonyl (C=O) groups excluding carboxylic acids is 3. The zero-order chi connectivity index (χ0) is 48.4. The topological polar surface area (TPSA) is 82.1 Å². The average Bonchev–Trinajstić information content (AvgIpc) is 3.29. The highest BCUT2D eigenvalue weighted by Crippen LogP contribution is 2.21. The summed E-state index contributed by atoms with van der Waals surface area (Å²) in [4.78, 5) is 42.6. The van der Waals surface area contributed by atoms with Gasteiger partial charge in [0.2, 0.25) is 0 Å². The molecule has 0 rings (SSSR count). The lowest BCUT2D eigenvalue weighted by atomic mass is 10.0. The van der Waals surface area contributed by atoms with Crippen LogP contribution in [-0.2, 0) is 28.6 Å². The molecule has 0 saturated carbocycles. The maximum atomic E-state index is 14.0. The quantitative estimate of drug-likeness (QED) is 0.0260. The van der Waals surface area contributed by atoms with Gasteiger partial charge in [-0.15, -0.1) is 0 Å². The second-order valence-electron chi connectivity index (χ2n) is 20.0. The van der Waals surface area contributed by atoms with E-state index < -0.39 is 18.0 Å². The smallest absolute Gasteiger partial charge is 0.347 e. The van der Waals surface area contributed by atoms with E-state index in [1.54, 1.807) is 0 Å². The maximum absolute atomic E-state index is 14.0. The van der Waals surface area contributed by atoms with Gasteiger partial charge in [-0.25, -0.2) is 4.79 Å². The number of rotatable bonds is 51. The molecule has 3 atom stereocenters. The minimum atomic E-state index is -1.13. The van der Waals surface area contributed by atoms with E-state index in [9.17, 15) is 14.4 Å². The van der Waals surface area contributed by atoms with Crippen molar-refractivity contribution in [1.29, 1.82) is 0 Å². The highest BCUT2D eigenvalue weighted by molar-refractivity contribution is 5.80. The Morgan fingerprint density at radius 2 is 0.712 bits per heavy atom. The summed E-state index contributed by atoms with van der Waals surface area (Å²) in [6, 6.07) is 0. The number of hydrogen-bond acceptors (Lipinski definition) is 7. The Kier molecular flexibility index (Phi) is 49.1. The molecule has 0 radical (unpaired) electrons. The van der Waals surface area contributed by atoms with Crippen LogP contribution in [0.25, 0.3) is 0 Å². The van der Waals surface area contributed by atoms with Gasteiger partial charge in [0, 0.05) is 19.3 Å². The molecular formula is C59H111NO6. The molecule has 0 aliphatic rings. The third kappa shape index (κ3) is 45.6. The van der Waals surface area contributed by atoms with Gasteiger partial charge in [0.25, 0.3) is 0 Å². The highest BCUT2D eigenvalue weighted by atomic mass is 16.6. The molecule has 0 fully saturated rings. The fourth-order valence-corrected chi connectivity index (χ4v) is 8.73. The molecule has 0 N–H and O–H groups in total. The summed E-state index contributed by atoms with van der Waals surface area (Å²) in [7, 11) is 3.95. The van der Waals surface area contributed by atoms with Crippen molar-refractivity contribution in [3.63, 3.8) is 0 Å². The maximum Gasteiger partial charge on any atom is 0.347 e. The van der Waals surface area contributed by atoms with E-state index in [0.717, 1.165) is 83.6 Å². The number of esters is 3. The zero-order valence-electron chi connectivity index (χ0n) is 44.8. The van der Waals surface area contributed by atoms with E-state index in [2.05, 4.69) is 52.0 Å². The molecule has 388 valence electrons. The van der Waals surface area contributed by atoms with Crippen LogP contribution in [-0.4, -0.2) is 61.8 Å². The van der Waals surface area contributed by atoms with Crippen LogP contribution in [0.3, 0.4) is 0 Å². The SMILES string of the molecule is CCCCC/C=C\CCC(CCCCCCCCCCCCCC)OC(=O)CCC(OC(=O)CCCN(C)C)C(=O)OC(CC/C=C\CCCCC)CCCCCCCCCCCCCC. The van der Waals surface area contributed by atoms with Crippen molar-refractivity contribution < 1.29 is 28.6 Å². The van der Waals surface area contributed by atoms with Gasteiger partial charge in [0.05, 0.1) is 0 Å². The molecule has 0 saturated heterocycles. The van der Waals surface area contributed by atoms with Gasteiger partial charge in [-0.1, -0.05) is 219 Å². The van der Waals surface area contributed by atoms with E-state index in [-0.39, 0.29) is 37.4 Å². The third-order valence-electron chi connectivity index (χ3n) is 13.1. The van der Waals surface area contributed by atoms with E-state index in [0.29, 0.717) is 6.42 Å². The van der Waals surface area contributed by atoms with Crippen molar-refractivity contribution in [2.75, 3.05) is 20.6 Å². The molecule has 7 heteroatoms. The van der Waals surface area contributed by atoms with Gasteiger partial charge in [0.15, 0.2) is 6.10 Å². The second kappa shape index (κ2) is 50.7. The lowest BCUT2D eigenvalue weighted by Gasteiger charge is -2.23. The summed E-state index contributed by atoms with van der Waals surface area (Å²) in [6.45, 7) is 9.75. The Labute approximate surface area is 410 Å². The number of carbonyl (C=O) groups is 3. The van der Waals surface area contributed by atoms with E-state index in [1.807, 2.05) is 19.0 Å². The minimum Gasteiger partial charge on any atom is -0.462 e. The fourth-order valence-electron chi connectivity index (χ4n) is 8.73. The van der Waals surface area contributed by atoms with Gasteiger partial charge < -0.3 is 19.1 Å². The van der Waals surface area contributed by atoms with Crippen LogP contribution in [0.4, 0.5) is 0 Å². The number of ether oxygens (including phenoxy) is 3. The first-order chi connectivity index (χ1) is 32.3. The first kappa shape index (κ1) is 63.8. The van der Waals surface area contributed by atoms with Crippen LogP contribution < -0.4 is 0 Å². The molecule has 0 bridgehead atoms. The Morgan fingerprint density at radius 3 is 1.12 bits per heavy atom. The lowest BCUT2D eigenvalue weighted by molar-refractivity contribution is -0.173. The van der Waals surface area contributed by atoms with Crippen molar-refractivity contribution in [3.05, 3.63) is 24.3 Å². The van der Waals surface area contributed by atoms with Gasteiger partial charge in [-0.05, 0) is 104 Å². The van der Waals surface area contributed by atoms with E-state index in [4.69, 9.17) is 14.2 Å². The zero-order valence-corrected chi connectivity index (χ0v) is 44.8. The number of hydrogen-bond donors (Lipinski definition) is 0. The van der Waals surface area contributed by atoms with Gasteiger partial charge in [0.1, 0.15) is 12.2 Å². The highest BCUT2D eigenvalue weighted by Gasteiger charge is 2.29. The Morgan fingerprint density at radius 1 is 0.364 bits per heavy atom. The second-order valence-corrected chi connectivity index (χ2v) is 20.0. The summed E-state index contributed by atoms with van der Waals surface area (Å²) in [5, 5.41) is 0. The summed E-state index contributed by atoms with van der Waals surface area (Å²) in [5.41, 5.74) is 0. The molecule has 0 aromatic heterocycles. The molecule has 0 heterocycles. The Hall–Kier alpha value is -2.15. The van der Waals surface area contributed by atoms with Crippen LogP contribution in [0.15, 0.2) is 24.3 Å². The first-order valence-electron chi connectivity index (χ1n) is 28.8. The molecule has 0 spiro atoms. The van der Waals surface area contributed by atoms with E-state index >= 15 is 0 Å². The third-order valence-corrected chi connectivity index (χ3v) is 13.1. The molecule has 0 aliphatic carbocycles. The largest absolute Gasteiger partial charge is 0.462 e. The summed E-state index contributed by atoms with van der Waals surface area (Å²) < 4.78 is 18.2. The number of nitrogens with zero attached hydrogens (tertiary/aromatic N) is 1. The lowest BCUT2D eigenvalue weighted by Crippen LogP contribution is -2.33. The van der Waals surface area contributed by atoms with Crippen LogP contribution in [0.1, 0.15) is 297 Å². The minimum absolute atomic E-state index is 0.0104. The summed E-state index contributed by atoms with van der Waals surface area (Å²) in [5.74, 6) is -1.27. The van der Waals surface area contributed by atoms with Gasteiger partial charge in [-0.2, -0.15) is 0 Å². The normalized spacial score (nSPS) is 13.2. The number of unbranched alkanes of at least 4 members (excludes halogenated alkanes) is 28. The Balaban J connectivity index is 5.51. The molecule has 0 aromatic carbocycles. The van der Waals surface area contributed by atoms with Crippen LogP contribution in [0.5, 0.6) is 0 Å². The predicted octanol–water partition coefficient (Wildman–Crippen LogP) is 17.9. The molecule has 66 heavy (non-hydrogen) atoms. The van der Waals surface area contributed by atoms with Gasteiger partial charge in [-0.3, -0.25) is 9.59 Å². The summed E-state index contributed by atoms with van der Waals surface area (Å²) in [6.07, 6.45) is 53.7. The van der Waals surface area contributed by atoms with Crippen molar-refractivity contribution in [2.24, 2.45) is 0 Å². The van der Waals surface area contributed by atoms with Gasteiger partial charge >= 0.3 is 17.9 Å². The van der Waals surface area contributed by atoms with Crippen LogP contribution in [0.2, 0.25) is 0 Å². The van der Waals surface area contributed by atoms with Crippen LogP contribution in [0, 0.1) is 0 Å². The molecule has 0 aromatic rings. The molecule has 0 amide bonds. The van der Waals surface area contributed by atoms with Crippen molar-refractivity contribution in [3.8, 4) is 0 Å². The van der Waals surface area contributed by atoms with Crippen molar-refractivity contribution in [1.82, 2.24) is 4.90 Å². The monoisotopic (exact) mass is 930 g/mol. The average molecular weight is 931 g/mol. The number of allylic oxidation sites excluding steroid dienone is 4. The standard InChI is InChI=1S/C59H111NO6/c1-7-11-15-19-23-25-27-29-31-35-39-42-47-54(46-41-37-33-21-17-13-9-3)64-58(62)52-51-56(66-57(61)50-45-53-60(5)6)59(63)65-55(48-43-38-34-22-18-14-10-4)49-44-40-36-32-30-28-26-24-20-16-12-8-2/h33-34,37-38,54-56H,7-32,35-36,39-53H2,1-6H3/b37-33-,38-34-. The van der Waals surface area contributed by atoms with Crippen LogP contribution >= 0.6 is 0 Å². The van der Waals surface area contributed by atoms with Crippen molar-refractivity contribution >= 4 is 17.9 Å². The van der Waals surface area contributed by atoms with E-state index in [1.165, 1.54) is 167 Å². The molecule has 3 unspecified atom stereocenters. The predicted molar refractivity (Wildman–Crippen MR) is 283 cm³/mol. The fraction of sp³-hybridized carbons (Fsp3) is 0.881. The molecule has 0 aliphatic heterocycles. The summed E-state index contributed by atoms with van der Waals surface area (Å²) >= 11 is 0. The molecule has 7 nitrogen and oxygen atoms in total.